The van der Waals surface area contributed by atoms with E-state index < -0.39 is 0 Å². The molecule has 4 saturated carbocycles. The summed E-state index contributed by atoms with van der Waals surface area (Å²) >= 11 is 0. The minimum atomic E-state index is -0.284. The third kappa shape index (κ3) is 2.70. The van der Waals surface area contributed by atoms with Crippen LogP contribution in [0.4, 0.5) is 0 Å². The number of carbonyl (C=O) groups is 1. The minimum Gasteiger partial charge on any atom is -0.458 e. The highest BCUT2D eigenvalue weighted by Gasteiger charge is 2.71. The molecule has 3 heteroatoms. The van der Waals surface area contributed by atoms with Crippen molar-refractivity contribution >= 4 is 5.97 Å². The molecule has 4 aliphatic carbocycles. The number of hydrogen-bond acceptors (Lipinski definition) is 3. The van der Waals surface area contributed by atoms with Crippen LogP contribution in [0.5, 0.6) is 0 Å². The average molecular weight is 411 g/mol. The van der Waals surface area contributed by atoms with Gasteiger partial charge in [0.2, 0.25) is 0 Å². The van der Waals surface area contributed by atoms with Crippen LogP contribution >= 0.6 is 0 Å². The van der Waals surface area contributed by atoms with Gasteiger partial charge in [-0.2, -0.15) is 0 Å². The number of aliphatic hydroxyl groups is 1. The summed E-state index contributed by atoms with van der Waals surface area (Å²) in [5, 5.41) is 11.1. The molecule has 30 heavy (non-hydrogen) atoms. The number of carbonyl (C=O) groups excluding carboxylic acids is 1. The van der Waals surface area contributed by atoms with Gasteiger partial charge in [0, 0.05) is 5.92 Å². The predicted molar refractivity (Wildman–Crippen MR) is 118 cm³/mol. The van der Waals surface area contributed by atoms with E-state index in [9.17, 15) is 9.90 Å². The number of rotatable bonds is 2. The van der Waals surface area contributed by atoms with Gasteiger partial charge in [0.1, 0.15) is 6.10 Å². The topological polar surface area (TPSA) is 46.5 Å². The van der Waals surface area contributed by atoms with E-state index in [1.165, 1.54) is 25.7 Å². The van der Waals surface area contributed by atoms with E-state index in [0.717, 1.165) is 25.7 Å². The molecule has 4 fully saturated rings. The summed E-state index contributed by atoms with van der Waals surface area (Å²) in [6, 6.07) is 9.41. The summed E-state index contributed by atoms with van der Waals surface area (Å²) in [5.74, 6) is 0.626. The molecule has 0 aromatic heterocycles. The SMILES string of the molecule is CC1(C)CCC[C@@]2(C)[C@H]1C[C@@H](OC(=O)c1ccccc1)[C@H]1C[C@H](O)[C@@]3(C)CC[C@]12C3. The Hall–Kier alpha value is -1.35. The Morgan fingerprint density at radius 1 is 1.00 bits per heavy atom. The highest BCUT2D eigenvalue weighted by atomic mass is 16.5. The summed E-state index contributed by atoms with van der Waals surface area (Å²) in [4.78, 5) is 13.1. The van der Waals surface area contributed by atoms with Gasteiger partial charge in [-0.05, 0) is 84.7 Å². The molecule has 1 N–H and O–H groups in total. The lowest BCUT2D eigenvalue weighted by Crippen LogP contribution is -2.64. The molecular formula is C27H38O3. The molecule has 4 aliphatic rings. The van der Waals surface area contributed by atoms with Crippen molar-refractivity contribution in [2.75, 3.05) is 0 Å². The van der Waals surface area contributed by atoms with Gasteiger partial charge >= 0.3 is 5.97 Å². The largest absolute Gasteiger partial charge is 0.458 e. The molecule has 0 unspecified atom stereocenters. The zero-order valence-corrected chi connectivity index (χ0v) is 19.1. The Kier molecular flexibility index (Phi) is 4.50. The normalized spacial score (nSPS) is 46.6. The van der Waals surface area contributed by atoms with Gasteiger partial charge < -0.3 is 9.84 Å². The first-order valence-corrected chi connectivity index (χ1v) is 12.1. The molecule has 164 valence electrons. The van der Waals surface area contributed by atoms with Crippen LogP contribution in [0.1, 0.15) is 89.4 Å². The standard InChI is InChI=1S/C27H38O3/c1-24(2)11-8-12-26(4)21(24)16-20(30-23(29)18-9-6-5-7-10-18)19-15-22(28)25(3)13-14-27(19,26)17-25/h5-7,9-10,19-22,28H,8,11-17H2,1-4H3/t19-,20-,21+,22+,25+,26+,27+/m1/s1. The first kappa shape index (κ1) is 20.5. The second kappa shape index (κ2) is 6.58. The molecule has 0 saturated heterocycles. The fourth-order valence-corrected chi connectivity index (χ4v) is 8.78. The molecule has 1 aromatic rings. The molecule has 3 nitrogen and oxygen atoms in total. The summed E-state index contributed by atoms with van der Waals surface area (Å²) in [5.41, 5.74) is 1.38. The average Bonchev–Trinajstić information content (AvgIpc) is 3.02. The van der Waals surface area contributed by atoms with Crippen molar-refractivity contribution in [3.63, 3.8) is 0 Å². The van der Waals surface area contributed by atoms with Crippen molar-refractivity contribution in [1.29, 1.82) is 0 Å². The zero-order valence-electron chi connectivity index (χ0n) is 19.1. The summed E-state index contributed by atoms with van der Waals surface area (Å²) in [6.07, 6.45) is 8.55. The van der Waals surface area contributed by atoms with Gasteiger partial charge in [-0.15, -0.1) is 0 Å². The first-order valence-electron chi connectivity index (χ1n) is 12.1. The van der Waals surface area contributed by atoms with Gasteiger partial charge in [-0.3, -0.25) is 0 Å². The van der Waals surface area contributed by atoms with Gasteiger partial charge in [-0.1, -0.05) is 52.3 Å². The molecule has 0 radical (unpaired) electrons. The number of benzene rings is 1. The highest BCUT2D eigenvalue weighted by Crippen LogP contribution is 2.76. The smallest absolute Gasteiger partial charge is 0.338 e. The number of aliphatic hydroxyl groups excluding tert-OH is 1. The Morgan fingerprint density at radius 2 is 1.73 bits per heavy atom. The molecule has 7 atom stereocenters. The monoisotopic (exact) mass is 410 g/mol. The fraction of sp³-hybridized carbons (Fsp3) is 0.741. The van der Waals surface area contributed by atoms with E-state index in [-0.39, 0.29) is 45.8 Å². The lowest BCUT2D eigenvalue weighted by Gasteiger charge is -2.68. The van der Waals surface area contributed by atoms with Gasteiger partial charge in [0.15, 0.2) is 0 Å². The maximum Gasteiger partial charge on any atom is 0.338 e. The van der Waals surface area contributed by atoms with E-state index in [1.54, 1.807) is 0 Å². The number of hydrogen-bond donors (Lipinski definition) is 1. The Morgan fingerprint density at radius 3 is 2.47 bits per heavy atom. The fourth-order valence-electron chi connectivity index (χ4n) is 8.78. The van der Waals surface area contributed by atoms with Crippen molar-refractivity contribution in [1.82, 2.24) is 0 Å². The maximum absolute atomic E-state index is 13.1. The Labute approximate surface area is 181 Å². The van der Waals surface area contributed by atoms with Crippen LogP contribution in [0, 0.1) is 33.5 Å². The van der Waals surface area contributed by atoms with Crippen molar-refractivity contribution in [3.05, 3.63) is 35.9 Å². The van der Waals surface area contributed by atoms with Gasteiger partial charge in [-0.25, -0.2) is 4.79 Å². The molecular weight excluding hydrogens is 372 g/mol. The lowest BCUT2D eigenvalue weighted by molar-refractivity contribution is -0.224. The maximum atomic E-state index is 13.1. The van der Waals surface area contributed by atoms with E-state index in [2.05, 4.69) is 27.7 Å². The number of ether oxygens (including phenoxy) is 1. The molecule has 5 rings (SSSR count). The molecule has 0 amide bonds. The third-order valence-electron chi connectivity index (χ3n) is 10.4. The summed E-state index contributed by atoms with van der Waals surface area (Å²) < 4.78 is 6.31. The van der Waals surface area contributed by atoms with Crippen molar-refractivity contribution in [2.45, 2.75) is 91.3 Å². The van der Waals surface area contributed by atoms with Crippen molar-refractivity contribution in [2.24, 2.45) is 33.5 Å². The Balaban J connectivity index is 1.55. The first-order chi connectivity index (χ1) is 14.1. The van der Waals surface area contributed by atoms with E-state index in [4.69, 9.17) is 4.74 Å². The van der Waals surface area contributed by atoms with Crippen molar-refractivity contribution < 1.29 is 14.6 Å². The molecule has 0 heterocycles. The number of esters is 1. The van der Waals surface area contributed by atoms with Gasteiger partial charge in [0.05, 0.1) is 11.7 Å². The van der Waals surface area contributed by atoms with E-state index in [1.807, 2.05) is 30.3 Å². The molecule has 2 bridgehead atoms. The van der Waals surface area contributed by atoms with Crippen LogP contribution in [0.25, 0.3) is 0 Å². The summed E-state index contributed by atoms with van der Waals surface area (Å²) in [7, 11) is 0. The summed E-state index contributed by atoms with van der Waals surface area (Å²) in [6.45, 7) is 9.74. The molecule has 0 aliphatic heterocycles. The van der Waals surface area contributed by atoms with Crippen LogP contribution < -0.4 is 0 Å². The second-order valence-electron chi connectivity index (χ2n) is 12.2. The van der Waals surface area contributed by atoms with Crippen LogP contribution in [0.2, 0.25) is 0 Å². The lowest BCUT2D eigenvalue weighted by atomic mass is 9.37. The highest BCUT2D eigenvalue weighted by molar-refractivity contribution is 5.89. The quantitative estimate of drug-likeness (QED) is 0.608. The van der Waals surface area contributed by atoms with Crippen LogP contribution in [-0.2, 0) is 4.74 Å². The third-order valence-corrected chi connectivity index (χ3v) is 10.4. The van der Waals surface area contributed by atoms with Gasteiger partial charge in [0.25, 0.3) is 0 Å². The zero-order chi connectivity index (χ0) is 21.4. The number of fused-ring (bicyclic) bond motifs is 2. The Bertz CT molecular complexity index is 832. The molecule has 1 aromatic carbocycles. The predicted octanol–water partition coefficient (Wildman–Crippen LogP) is 6.01. The van der Waals surface area contributed by atoms with Crippen LogP contribution in [0.3, 0.4) is 0 Å². The van der Waals surface area contributed by atoms with E-state index in [0.29, 0.717) is 11.5 Å². The van der Waals surface area contributed by atoms with Crippen LogP contribution in [0.15, 0.2) is 30.3 Å². The van der Waals surface area contributed by atoms with Crippen LogP contribution in [-0.4, -0.2) is 23.3 Å². The minimum absolute atomic E-state index is 0.0248. The van der Waals surface area contributed by atoms with E-state index >= 15 is 0 Å². The van der Waals surface area contributed by atoms with Crippen molar-refractivity contribution in [3.8, 4) is 0 Å². The second-order valence-corrected chi connectivity index (χ2v) is 12.2. The molecule has 1 spiro atoms.